The number of Topliss-reactive ketones (excluding diaryl/α,β-unsaturated/α-hetero) is 1. The number of para-hydroxylation sites is 1. The van der Waals surface area contributed by atoms with Crippen molar-refractivity contribution in [3.05, 3.63) is 60.2 Å². The second-order valence-corrected chi connectivity index (χ2v) is 5.69. The first-order chi connectivity index (χ1) is 11.0. The minimum absolute atomic E-state index is 0.0648. The van der Waals surface area contributed by atoms with E-state index in [4.69, 9.17) is 0 Å². The fourth-order valence-electron chi connectivity index (χ4n) is 2.39. The van der Waals surface area contributed by atoms with Gasteiger partial charge in [0.05, 0.1) is 6.42 Å². The molecule has 0 spiro atoms. The van der Waals surface area contributed by atoms with E-state index in [1.165, 1.54) is 11.8 Å². The quantitative estimate of drug-likeness (QED) is 0.769. The predicted octanol–water partition coefficient (Wildman–Crippen LogP) is 3.26. The van der Waals surface area contributed by atoms with Crippen LogP contribution in [0.25, 0.3) is 0 Å². The number of benzene rings is 2. The molecule has 0 aliphatic carbocycles. The van der Waals surface area contributed by atoms with Crippen LogP contribution in [-0.2, 0) is 16.1 Å². The first-order valence-electron chi connectivity index (χ1n) is 7.58. The van der Waals surface area contributed by atoms with Gasteiger partial charge < -0.3 is 9.80 Å². The zero-order valence-electron chi connectivity index (χ0n) is 13.8. The summed E-state index contributed by atoms with van der Waals surface area (Å²) >= 11 is 0. The van der Waals surface area contributed by atoms with E-state index in [2.05, 4.69) is 17.0 Å². The third-order valence-corrected chi connectivity index (χ3v) is 3.69. The van der Waals surface area contributed by atoms with Crippen molar-refractivity contribution in [3.63, 3.8) is 0 Å². The number of anilines is 2. The second kappa shape index (κ2) is 7.58. The van der Waals surface area contributed by atoms with Crippen molar-refractivity contribution in [2.75, 3.05) is 23.9 Å². The summed E-state index contributed by atoms with van der Waals surface area (Å²) in [5.74, 6) is -0.312. The SMILES string of the molecule is CC(=O)CC(=O)N(C)c1cccc(CN(C)c2ccccc2)c1. The first kappa shape index (κ1) is 16.7. The standard InChI is InChI=1S/C19H22N2O2/c1-15(22)12-19(23)21(3)18-11-7-8-16(13-18)14-20(2)17-9-5-4-6-10-17/h4-11,13H,12,14H2,1-3H3. The Morgan fingerprint density at radius 3 is 2.22 bits per heavy atom. The summed E-state index contributed by atoms with van der Waals surface area (Å²) in [6.45, 7) is 2.17. The van der Waals surface area contributed by atoms with Crippen LogP contribution in [-0.4, -0.2) is 25.8 Å². The Bertz CT molecular complexity index is 683. The van der Waals surface area contributed by atoms with Gasteiger partial charge in [-0.15, -0.1) is 0 Å². The number of ketones is 1. The van der Waals surface area contributed by atoms with Gasteiger partial charge in [0, 0.05) is 32.0 Å². The summed E-state index contributed by atoms with van der Waals surface area (Å²) < 4.78 is 0. The first-order valence-corrected chi connectivity index (χ1v) is 7.58. The Labute approximate surface area is 137 Å². The van der Waals surface area contributed by atoms with Crippen molar-refractivity contribution >= 4 is 23.1 Å². The number of amides is 1. The van der Waals surface area contributed by atoms with Crippen molar-refractivity contribution in [1.82, 2.24) is 0 Å². The van der Waals surface area contributed by atoms with Crippen LogP contribution in [0, 0.1) is 0 Å². The minimum Gasteiger partial charge on any atom is -0.370 e. The molecule has 4 heteroatoms. The van der Waals surface area contributed by atoms with Crippen LogP contribution in [0.3, 0.4) is 0 Å². The molecule has 0 radical (unpaired) electrons. The Balaban J connectivity index is 2.10. The molecule has 1 amide bonds. The molecule has 0 unspecified atom stereocenters. The van der Waals surface area contributed by atoms with Crippen molar-refractivity contribution in [3.8, 4) is 0 Å². The Kier molecular flexibility index (Phi) is 5.52. The molecule has 4 nitrogen and oxygen atoms in total. The Morgan fingerprint density at radius 2 is 1.57 bits per heavy atom. The van der Waals surface area contributed by atoms with Gasteiger partial charge in [0.1, 0.15) is 5.78 Å². The van der Waals surface area contributed by atoms with E-state index in [0.29, 0.717) is 0 Å². The number of carbonyl (C=O) groups excluding carboxylic acids is 2. The molecule has 2 aromatic carbocycles. The van der Waals surface area contributed by atoms with Crippen molar-refractivity contribution in [2.45, 2.75) is 19.9 Å². The molecule has 0 saturated carbocycles. The average Bonchev–Trinajstić information content (AvgIpc) is 2.54. The lowest BCUT2D eigenvalue weighted by Gasteiger charge is -2.21. The van der Waals surface area contributed by atoms with Crippen molar-refractivity contribution in [1.29, 1.82) is 0 Å². The number of hydrogen-bond acceptors (Lipinski definition) is 3. The summed E-state index contributed by atoms with van der Waals surface area (Å²) in [5, 5.41) is 0. The van der Waals surface area contributed by atoms with Gasteiger partial charge in [0.2, 0.25) is 5.91 Å². The molecule has 0 atom stereocenters. The highest BCUT2D eigenvalue weighted by molar-refractivity contribution is 6.04. The molecular weight excluding hydrogens is 288 g/mol. The highest BCUT2D eigenvalue weighted by Gasteiger charge is 2.13. The van der Waals surface area contributed by atoms with E-state index in [1.54, 1.807) is 7.05 Å². The summed E-state index contributed by atoms with van der Waals surface area (Å²) in [6, 6.07) is 18.0. The van der Waals surface area contributed by atoms with Crippen LogP contribution in [0.15, 0.2) is 54.6 Å². The highest BCUT2D eigenvalue weighted by Crippen LogP contribution is 2.19. The second-order valence-electron chi connectivity index (χ2n) is 5.69. The lowest BCUT2D eigenvalue weighted by Crippen LogP contribution is -2.27. The summed E-state index contributed by atoms with van der Waals surface area (Å²) in [7, 11) is 3.73. The lowest BCUT2D eigenvalue weighted by atomic mass is 10.1. The number of hydrogen-bond donors (Lipinski definition) is 0. The molecule has 0 bridgehead atoms. The van der Waals surface area contributed by atoms with E-state index in [0.717, 1.165) is 23.5 Å². The fourth-order valence-corrected chi connectivity index (χ4v) is 2.39. The van der Waals surface area contributed by atoms with Gasteiger partial charge in [-0.05, 0) is 36.8 Å². The molecule has 0 aliphatic heterocycles. The molecule has 2 aromatic rings. The highest BCUT2D eigenvalue weighted by atomic mass is 16.2. The van der Waals surface area contributed by atoms with Crippen molar-refractivity contribution in [2.24, 2.45) is 0 Å². The predicted molar refractivity (Wildman–Crippen MR) is 93.7 cm³/mol. The summed E-state index contributed by atoms with van der Waals surface area (Å²) in [4.78, 5) is 26.8. The summed E-state index contributed by atoms with van der Waals surface area (Å²) in [6.07, 6.45) is -0.0648. The van der Waals surface area contributed by atoms with Gasteiger partial charge in [-0.3, -0.25) is 9.59 Å². The maximum atomic E-state index is 12.0. The number of rotatable bonds is 6. The van der Waals surface area contributed by atoms with E-state index < -0.39 is 0 Å². The molecule has 0 N–H and O–H groups in total. The maximum Gasteiger partial charge on any atom is 0.234 e. The van der Waals surface area contributed by atoms with Gasteiger partial charge in [-0.25, -0.2) is 0 Å². The number of carbonyl (C=O) groups is 2. The largest absolute Gasteiger partial charge is 0.370 e. The molecular formula is C19H22N2O2. The molecule has 0 saturated heterocycles. The summed E-state index contributed by atoms with van der Waals surface area (Å²) in [5.41, 5.74) is 3.05. The van der Waals surface area contributed by atoms with E-state index >= 15 is 0 Å². The van der Waals surface area contributed by atoms with E-state index in [1.807, 2.05) is 49.5 Å². The fraction of sp³-hybridized carbons (Fsp3) is 0.263. The average molecular weight is 310 g/mol. The number of nitrogens with zero attached hydrogens (tertiary/aromatic N) is 2. The lowest BCUT2D eigenvalue weighted by molar-refractivity contribution is -0.125. The normalized spacial score (nSPS) is 10.2. The monoisotopic (exact) mass is 310 g/mol. The zero-order valence-corrected chi connectivity index (χ0v) is 13.8. The molecule has 120 valence electrons. The molecule has 0 heterocycles. The third-order valence-electron chi connectivity index (χ3n) is 3.69. The van der Waals surface area contributed by atoms with Crippen LogP contribution in [0.2, 0.25) is 0 Å². The van der Waals surface area contributed by atoms with Gasteiger partial charge in [-0.2, -0.15) is 0 Å². The van der Waals surface area contributed by atoms with Crippen LogP contribution in [0.4, 0.5) is 11.4 Å². The zero-order chi connectivity index (χ0) is 16.8. The molecule has 2 rings (SSSR count). The van der Waals surface area contributed by atoms with Crippen LogP contribution in [0.1, 0.15) is 18.9 Å². The van der Waals surface area contributed by atoms with Gasteiger partial charge >= 0.3 is 0 Å². The van der Waals surface area contributed by atoms with Gasteiger partial charge in [0.25, 0.3) is 0 Å². The molecule has 0 aliphatic rings. The smallest absolute Gasteiger partial charge is 0.234 e. The Hall–Kier alpha value is -2.62. The van der Waals surface area contributed by atoms with Crippen LogP contribution < -0.4 is 9.80 Å². The van der Waals surface area contributed by atoms with Crippen LogP contribution in [0.5, 0.6) is 0 Å². The molecule has 0 aromatic heterocycles. The van der Waals surface area contributed by atoms with E-state index in [-0.39, 0.29) is 18.1 Å². The van der Waals surface area contributed by atoms with E-state index in [9.17, 15) is 9.59 Å². The maximum absolute atomic E-state index is 12.0. The third kappa shape index (κ3) is 4.68. The Morgan fingerprint density at radius 1 is 0.913 bits per heavy atom. The minimum atomic E-state index is -0.189. The molecule has 23 heavy (non-hydrogen) atoms. The van der Waals surface area contributed by atoms with Gasteiger partial charge in [0.15, 0.2) is 0 Å². The van der Waals surface area contributed by atoms with Crippen molar-refractivity contribution < 1.29 is 9.59 Å². The van der Waals surface area contributed by atoms with Gasteiger partial charge in [-0.1, -0.05) is 30.3 Å². The molecule has 0 fully saturated rings. The van der Waals surface area contributed by atoms with Crippen LogP contribution >= 0.6 is 0 Å². The topological polar surface area (TPSA) is 40.6 Å².